The van der Waals surface area contributed by atoms with Crippen molar-refractivity contribution in [1.29, 1.82) is 0 Å². The van der Waals surface area contributed by atoms with Crippen LogP contribution in [0.1, 0.15) is 10.5 Å². The predicted molar refractivity (Wildman–Crippen MR) is 85.1 cm³/mol. The van der Waals surface area contributed by atoms with Crippen LogP contribution in [0, 0.1) is 0 Å². The number of nitrogens with zero attached hydrogens (tertiary/aromatic N) is 4. The molecule has 1 amide bonds. The fourth-order valence-corrected chi connectivity index (χ4v) is 2.59. The molecular weight excluding hydrogens is 296 g/mol. The van der Waals surface area contributed by atoms with Gasteiger partial charge >= 0.3 is 0 Å². The van der Waals surface area contributed by atoms with Gasteiger partial charge < -0.3 is 18.7 Å². The van der Waals surface area contributed by atoms with Crippen molar-refractivity contribution in [2.24, 2.45) is 0 Å². The molecule has 7 nitrogen and oxygen atoms in total. The largest absolute Gasteiger partial charge is 0.461 e. The minimum Gasteiger partial charge on any atom is -0.461 e. The van der Waals surface area contributed by atoms with Gasteiger partial charge in [0.2, 0.25) is 5.76 Å². The molecule has 0 saturated carbocycles. The Kier molecular flexibility index (Phi) is 4.78. The first-order chi connectivity index (χ1) is 11.1. The van der Waals surface area contributed by atoms with Gasteiger partial charge in [-0.05, 0) is 26.2 Å². The molecule has 1 aliphatic heterocycles. The van der Waals surface area contributed by atoms with Crippen LogP contribution >= 0.6 is 0 Å². The Morgan fingerprint density at radius 1 is 1.26 bits per heavy atom. The van der Waals surface area contributed by atoms with Crippen molar-refractivity contribution >= 4 is 5.91 Å². The van der Waals surface area contributed by atoms with Gasteiger partial charge in [-0.3, -0.25) is 9.69 Å². The molecule has 2 aromatic rings. The van der Waals surface area contributed by atoms with Gasteiger partial charge in [-0.2, -0.15) is 0 Å². The van der Waals surface area contributed by atoms with Gasteiger partial charge in [0.25, 0.3) is 5.91 Å². The number of amides is 1. The fraction of sp³-hybridized carbons (Fsp3) is 0.500. The minimum atomic E-state index is -0.0844. The van der Waals surface area contributed by atoms with E-state index in [-0.39, 0.29) is 5.91 Å². The third-order valence-electron chi connectivity index (χ3n) is 4.02. The fourth-order valence-electron chi connectivity index (χ4n) is 2.59. The molecule has 7 heteroatoms. The van der Waals surface area contributed by atoms with Gasteiger partial charge in [0.05, 0.1) is 6.26 Å². The summed E-state index contributed by atoms with van der Waals surface area (Å²) in [6.07, 6.45) is 1.56. The van der Waals surface area contributed by atoms with Crippen molar-refractivity contribution in [3.63, 3.8) is 0 Å². The summed E-state index contributed by atoms with van der Waals surface area (Å²) in [6.45, 7) is 5.28. The van der Waals surface area contributed by atoms with E-state index in [0.717, 1.165) is 39.3 Å². The van der Waals surface area contributed by atoms with E-state index in [0.29, 0.717) is 17.2 Å². The van der Waals surface area contributed by atoms with Crippen molar-refractivity contribution < 1.29 is 13.7 Å². The average Bonchev–Trinajstić information content (AvgIpc) is 3.23. The second kappa shape index (κ2) is 6.97. The van der Waals surface area contributed by atoms with Crippen LogP contribution in [0.3, 0.4) is 0 Å². The lowest BCUT2D eigenvalue weighted by atomic mass is 10.2. The first-order valence-electron chi connectivity index (χ1n) is 7.80. The van der Waals surface area contributed by atoms with Crippen molar-refractivity contribution in [3.8, 4) is 11.5 Å². The molecule has 0 atom stereocenters. The monoisotopic (exact) mass is 318 g/mol. The van der Waals surface area contributed by atoms with Crippen molar-refractivity contribution in [3.05, 3.63) is 30.2 Å². The summed E-state index contributed by atoms with van der Waals surface area (Å²) in [5.74, 6) is 0.965. The second-order valence-corrected chi connectivity index (χ2v) is 5.99. The molecule has 0 unspecified atom stereocenters. The number of piperazine rings is 1. The van der Waals surface area contributed by atoms with Gasteiger partial charge in [-0.25, -0.2) is 0 Å². The van der Waals surface area contributed by atoms with E-state index >= 15 is 0 Å². The summed E-state index contributed by atoms with van der Waals surface area (Å²) in [6, 6.07) is 5.18. The van der Waals surface area contributed by atoms with Crippen LogP contribution in [0.2, 0.25) is 0 Å². The summed E-state index contributed by atoms with van der Waals surface area (Å²) in [5.41, 5.74) is 0.332. The van der Waals surface area contributed by atoms with Crippen LogP contribution in [0.25, 0.3) is 11.5 Å². The Balaban J connectivity index is 1.55. The van der Waals surface area contributed by atoms with E-state index in [4.69, 9.17) is 8.94 Å². The van der Waals surface area contributed by atoms with E-state index in [2.05, 4.69) is 29.1 Å². The lowest BCUT2D eigenvalue weighted by molar-refractivity contribution is 0.0620. The summed E-state index contributed by atoms with van der Waals surface area (Å²) < 4.78 is 10.4. The van der Waals surface area contributed by atoms with Gasteiger partial charge in [0.15, 0.2) is 11.5 Å². The standard InChI is InChI=1S/C16H22N4O3/c1-18(2)5-6-19-7-9-20(10-8-19)16(21)13-12-15(23-17-13)14-4-3-11-22-14/h3-4,11-12H,5-10H2,1-2H3. The molecule has 23 heavy (non-hydrogen) atoms. The summed E-state index contributed by atoms with van der Waals surface area (Å²) in [5, 5.41) is 3.88. The third kappa shape index (κ3) is 3.80. The van der Waals surface area contributed by atoms with Crippen LogP contribution < -0.4 is 0 Å². The highest BCUT2D eigenvalue weighted by atomic mass is 16.5. The quantitative estimate of drug-likeness (QED) is 0.827. The number of hydrogen-bond donors (Lipinski definition) is 0. The topological polar surface area (TPSA) is 66.0 Å². The summed E-state index contributed by atoms with van der Waals surface area (Å²) in [4.78, 5) is 18.9. The van der Waals surface area contributed by atoms with Crippen molar-refractivity contribution in [2.45, 2.75) is 0 Å². The molecule has 0 spiro atoms. The first kappa shape index (κ1) is 15.8. The van der Waals surface area contributed by atoms with E-state index in [9.17, 15) is 4.79 Å². The highest BCUT2D eigenvalue weighted by Gasteiger charge is 2.25. The summed E-state index contributed by atoms with van der Waals surface area (Å²) in [7, 11) is 4.14. The molecule has 2 aromatic heterocycles. The zero-order chi connectivity index (χ0) is 16.2. The summed E-state index contributed by atoms with van der Waals surface area (Å²) >= 11 is 0. The molecule has 124 valence electrons. The molecule has 0 bridgehead atoms. The number of hydrogen-bond acceptors (Lipinski definition) is 6. The molecule has 0 aliphatic carbocycles. The lowest BCUT2D eigenvalue weighted by Crippen LogP contribution is -2.50. The van der Waals surface area contributed by atoms with Crippen LogP contribution in [-0.2, 0) is 0 Å². The number of aromatic nitrogens is 1. The third-order valence-corrected chi connectivity index (χ3v) is 4.02. The van der Waals surface area contributed by atoms with Gasteiger partial charge in [-0.1, -0.05) is 5.16 Å². The molecule has 3 heterocycles. The zero-order valence-corrected chi connectivity index (χ0v) is 13.6. The maximum absolute atomic E-state index is 12.5. The second-order valence-electron chi connectivity index (χ2n) is 5.99. The van der Waals surface area contributed by atoms with Crippen LogP contribution in [0.15, 0.2) is 33.4 Å². The van der Waals surface area contributed by atoms with Gasteiger partial charge in [0, 0.05) is 45.3 Å². The molecule has 0 aromatic carbocycles. The zero-order valence-electron chi connectivity index (χ0n) is 13.6. The van der Waals surface area contributed by atoms with Crippen molar-refractivity contribution in [1.82, 2.24) is 19.9 Å². The Morgan fingerprint density at radius 2 is 2.04 bits per heavy atom. The SMILES string of the molecule is CN(C)CCN1CCN(C(=O)c2cc(-c3ccco3)on2)CC1. The number of likely N-dealkylation sites (N-methyl/N-ethyl adjacent to an activating group) is 1. The van der Waals surface area contributed by atoms with Gasteiger partial charge in [-0.15, -0.1) is 0 Å². The van der Waals surface area contributed by atoms with E-state index in [1.165, 1.54) is 0 Å². The van der Waals surface area contributed by atoms with E-state index < -0.39 is 0 Å². The normalized spacial score (nSPS) is 16.2. The number of furan rings is 1. The first-order valence-corrected chi connectivity index (χ1v) is 7.80. The molecule has 1 aliphatic rings. The molecule has 3 rings (SSSR count). The Bertz CT molecular complexity index is 628. The number of carbonyl (C=O) groups is 1. The van der Waals surface area contributed by atoms with E-state index in [1.807, 2.05) is 4.90 Å². The van der Waals surface area contributed by atoms with Crippen molar-refractivity contribution in [2.75, 3.05) is 53.4 Å². The maximum atomic E-state index is 12.5. The Hall–Kier alpha value is -2.12. The Labute approximate surface area is 135 Å². The number of rotatable bonds is 5. The number of carbonyl (C=O) groups excluding carboxylic acids is 1. The smallest absolute Gasteiger partial charge is 0.276 e. The highest BCUT2D eigenvalue weighted by Crippen LogP contribution is 2.21. The highest BCUT2D eigenvalue weighted by molar-refractivity contribution is 5.93. The van der Waals surface area contributed by atoms with E-state index in [1.54, 1.807) is 24.5 Å². The van der Waals surface area contributed by atoms with Gasteiger partial charge in [0.1, 0.15) is 0 Å². The lowest BCUT2D eigenvalue weighted by Gasteiger charge is -2.34. The molecular formula is C16H22N4O3. The maximum Gasteiger partial charge on any atom is 0.276 e. The Morgan fingerprint density at radius 3 is 2.70 bits per heavy atom. The van der Waals surface area contributed by atoms with Crippen LogP contribution in [0.5, 0.6) is 0 Å². The molecule has 0 radical (unpaired) electrons. The minimum absolute atomic E-state index is 0.0844. The molecule has 0 N–H and O–H groups in total. The van der Waals surface area contributed by atoms with Crippen LogP contribution in [-0.4, -0.2) is 79.1 Å². The van der Waals surface area contributed by atoms with Crippen LogP contribution in [0.4, 0.5) is 0 Å². The predicted octanol–water partition coefficient (Wildman–Crippen LogP) is 1.25. The average molecular weight is 318 g/mol. The molecule has 1 fully saturated rings. The molecule has 1 saturated heterocycles.